The second-order valence-electron chi connectivity index (χ2n) is 8.26. The van der Waals surface area contributed by atoms with Gasteiger partial charge in [-0.3, -0.25) is 4.79 Å². The SMILES string of the molecule is CCc1cc2c(N3CCN(C(=O)Cc4ccccc4)CC3)nc(N3CCOCC3)nc2s1. The van der Waals surface area contributed by atoms with Crippen molar-refractivity contribution in [1.29, 1.82) is 0 Å². The zero-order valence-corrected chi connectivity index (χ0v) is 19.3. The van der Waals surface area contributed by atoms with E-state index in [9.17, 15) is 4.79 Å². The second-order valence-corrected chi connectivity index (χ2v) is 9.38. The minimum atomic E-state index is 0.196. The zero-order valence-electron chi connectivity index (χ0n) is 18.5. The molecule has 2 aromatic heterocycles. The van der Waals surface area contributed by atoms with Crippen LogP contribution in [0.4, 0.5) is 11.8 Å². The fraction of sp³-hybridized carbons (Fsp3) is 0.458. The molecule has 1 aromatic carbocycles. The summed E-state index contributed by atoms with van der Waals surface area (Å²) in [5.41, 5.74) is 1.07. The molecule has 8 heteroatoms. The third-order valence-electron chi connectivity index (χ3n) is 6.18. The molecule has 5 rings (SSSR count). The standard InChI is InChI=1S/C24H29N5O2S/c1-2-19-17-20-22(25-24(26-23(20)32-19)29-12-14-31-15-13-29)28-10-8-27(9-11-28)21(30)16-18-6-4-3-5-7-18/h3-7,17H,2,8-16H2,1H3. The van der Waals surface area contributed by atoms with Crippen molar-refractivity contribution in [2.75, 3.05) is 62.3 Å². The van der Waals surface area contributed by atoms with Crippen LogP contribution in [0.3, 0.4) is 0 Å². The largest absolute Gasteiger partial charge is 0.378 e. The Morgan fingerprint density at radius 1 is 1.00 bits per heavy atom. The Kier molecular flexibility index (Phi) is 6.23. The molecule has 0 unspecified atom stereocenters. The normalized spacial score (nSPS) is 17.2. The maximum atomic E-state index is 12.8. The van der Waals surface area contributed by atoms with E-state index in [4.69, 9.17) is 14.7 Å². The molecule has 0 N–H and O–H groups in total. The molecule has 2 aliphatic rings. The van der Waals surface area contributed by atoms with E-state index in [-0.39, 0.29) is 5.91 Å². The van der Waals surface area contributed by atoms with E-state index in [1.807, 2.05) is 35.2 Å². The van der Waals surface area contributed by atoms with Crippen molar-refractivity contribution in [1.82, 2.24) is 14.9 Å². The Labute approximate surface area is 192 Å². The number of aromatic nitrogens is 2. The van der Waals surface area contributed by atoms with Gasteiger partial charge < -0.3 is 19.4 Å². The highest BCUT2D eigenvalue weighted by Gasteiger charge is 2.26. The highest BCUT2D eigenvalue weighted by molar-refractivity contribution is 7.18. The van der Waals surface area contributed by atoms with Crippen molar-refractivity contribution in [2.24, 2.45) is 0 Å². The number of carbonyl (C=O) groups excluding carboxylic acids is 1. The summed E-state index contributed by atoms with van der Waals surface area (Å²) in [6.45, 7) is 8.24. The fourth-order valence-corrected chi connectivity index (χ4v) is 5.27. The first-order valence-electron chi connectivity index (χ1n) is 11.4. The molecule has 0 bridgehead atoms. The van der Waals surface area contributed by atoms with Crippen LogP contribution in [0.5, 0.6) is 0 Å². The van der Waals surface area contributed by atoms with Gasteiger partial charge in [-0.1, -0.05) is 37.3 Å². The van der Waals surface area contributed by atoms with Crippen LogP contribution in [0.15, 0.2) is 36.4 Å². The van der Waals surface area contributed by atoms with Crippen molar-refractivity contribution in [3.63, 3.8) is 0 Å². The summed E-state index contributed by atoms with van der Waals surface area (Å²) >= 11 is 1.76. The van der Waals surface area contributed by atoms with Crippen LogP contribution >= 0.6 is 11.3 Å². The predicted molar refractivity (Wildman–Crippen MR) is 129 cm³/mol. The third kappa shape index (κ3) is 4.42. The predicted octanol–water partition coefficient (Wildman–Crippen LogP) is 2.98. The Balaban J connectivity index is 1.35. The topological polar surface area (TPSA) is 61.8 Å². The number of rotatable bonds is 5. The van der Waals surface area contributed by atoms with Gasteiger partial charge in [-0.15, -0.1) is 11.3 Å². The fourth-order valence-electron chi connectivity index (χ4n) is 4.32. The summed E-state index contributed by atoms with van der Waals surface area (Å²) in [4.78, 5) is 31.6. The minimum absolute atomic E-state index is 0.196. The average Bonchev–Trinajstić information content (AvgIpc) is 3.28. The van der Waals surface area contributed by atoms with E-state index in [1.54, 1.807) is 11.3 Å². The maximum Gasteiger partial charge on any atom is 0.228 e. The molecule has 3 aromatic rings. The molecule has 0 radical (unpaired) electrons. The molecular formula is C24H29N5O2S. The second kappa shape index (κ2) is 9.42. The number of benzene rings is 1. The maximum absolute atomic E-state index is 12.8. The monoisotopic (exact) mass is 451 g/mol. The van der Waals surface area contributed by atoms with E-state index < -0.39 is 0 Å². The van der Waals surface area contributed by atoms with Gasteiger partial charge in [-0.05, 0) is 18.1 Å². The average molecular weight is 452 g/mol. The molecule has 0 saturated carbocycles. The number of carbonyl (C=O) groups is 1. The van der Waals surface area contributed by atoms with Crippen LogP contribution in [0.1, 0.15) is 17.4 Å². The van der Waals surface area contributed by atoms with Crippen molar-refractivity contribution in [2.45, 2.75) is 19.8 Å². The third-order valence-corrected chi connectivity index (χ3v) is 7.36. The van der Waals surface area contributed by atoms with Crippen molar-refractivity contribution >= 4 is 39.2 Å². The van der Waals surface area contributed by atoms with Gasteiger partial charge in [0.1, 0.15) is 10.6 Å². The van der Waals surface area contributed by atoms with Gasteiger partial charge in [-0.25, -0.2) is 4.98 Å². The smallest absolute Gasteiger partial charge is 0.228 e. The van der Waals surface area contributed by atoms with E-state index in [2.05, 4.69) is 22.8 Å². The van der Waals surface area contributed by atoms with E-state index in [1.165, 1.54) is 4.88 Å². The molecule has 0 atom stereocenters. The number of hydrogen-bond donors (Lipinski definition) is 0. The molecule has 0 aliphatic carbocycles. The molecule has 4 heterocycles. The molecule has 7 nitrogen and oxygen atoms in total. The lowest BCUT2D eigenvalue weighted by molar-refractivity contribution is -0.130. The summed E-state index contributed by atoms with van der Waals surface area (Å²) in [5, 5.41) is 1.13. The van der Waals surface area contributed by atoms with Gasteiger partial charge in [0.05, 0.1) is 25.0 Å². The van der Waals surface area contributed by atoms with Gasteiger partial charge in [0, 0.05) is 44.1 Å². The number of morpholine rings is 1. The van der Waals surface area contributed by atoms with E-state index in [0.29, 0.717) is 19.6 Å². The lowest BCUT2D eigenvalue weighted by Gasteiger charge is -2.36. The van der Waals surface area contributed by atoms with Crippen LogP contribution in [-0.2, 0) is 22.4 Å². The summed E-state index contributed by atoms with van der Waals surface area (Å²) in [6.07, 6.45) is 1.46. The number of nitrogens with zero attached hydrogens (tertiary/aromatic N) is 5. The number of anilines is 2. The summed E-state index contributed by atoms with van der Waals surface area (Å²) in [6, 6.07) is 12.2. The number of piperazine rings is 1. The number of amides is 1. The molecule has 2 fully saturated rings. The quantitative estimate of drug-likeness (QED) is 0.594. The van der Waals surface area contributed by atoms with Crippen LogP contribution < -0.4 is 9.80 Å². The van der Waals surface area contributed by atoms with Gasteiger partial charge in [-0.2, -0.15) is 4.98 Å². The van der Waals surface area contributed by atoms with Gasteiger partial charge >= 0.3 is 0 Å². The number of fused-ring (bicyclic) bond motifs is 1. The first kappa shape index (κ1) is 21.2. The van der Waals surface area contributed by atoms with Gasteiger partial charge in [0.25, 0.3) is 0 Å². The Hall–Kier alpha value is -2.71. The molecule has 32 heavy (non-hydrogen) atoms. The molecular weight excluding hydrogens is 422 g/mol. The molecule has 2 aliphatic heterocycles. The van der Waals surface area contributed by atoms with Crippen LogP contribution in [-0.4, -0.2) is 73.3 Å². The molecule has 168 valence electrons. The van der Waals surface area contributed by atoms with Crippen LogP contribution in [0.2, 0.25) is 0 Å². The lowest BCUT2D eigenvalue weighted by atomic mass is 10.1. The summed E-state index contributed by atoms with van der Waals surface area (Å²) < 4.78 is 5.51. The minimum Gasteiger partial charge on any atom is -0.378 e. The zero-order chi connectivity index (χ0) is 21.9. The molecule has 0 spiro atoms. The Morgan fingerprint density at radius 2 is 1.75 bits per heavy atom. The van der Waals surface area contributed by atoms with E-state index >= 15 is 0 Å². The van der Waals surface area contributed by atoms with Crippen LogP contribution in [0, 0.1) is 0 Å². The van der Waals surface area contributed by atoms with Gasteiger partial charge in [0.15, 0.2) is 0 Å². The number of aryl methyl sites for hydroxylation is 1. The summed E-state index contributed by atoms with van der Waals surface area (Å²) in [5.74, 6) is 1.99. The Morgan fingerprint density at radius 3 is 2.47 bits per heavy atom. The molecule has 1 amide bonds. The van der Waals surface area contributed by atoms with Crippen molar-refractivity contribution in [3.8, 4) is 0 Å². The van der Waals surface area contributed by atoms with Crippen LogP contribution in [0.25, 0.3) is 10.2 Å². The number of hydrogen-bond acceptors (Lipinski definition) is 7. The van der Waals surface area contributed by atoms with Gasteiger partial charge in [0.2, 0.25) is 11.9 Å². The molecule has 2 saturated heterocycles. The van der Waals surface area contributed by atoms with Crippen molar-refractivity contribution in [3.05, 3.63) is 46.8 Å². The van der Waals surface area contributed by atoms with Crippen molar-refractivity contribution < 1.29 is 9.53 Å². The highest BCUT2D eigenvalue weighted by Crippen LogP contribution is 2.33. The Bertz CT molecular complexity index is 1070. The highest BCUT2D eigenvalue weighted by atomic mass is 32.1. The first-order chi connectivity index (χ1) is 15.7. The summed E-state index contributed by atoms with van der Waals surface area (Å²) in [7, 11) is 0. The number of ether oxygens (including phenoxy) is 1. The first-order valence-corrected chi connectivity index (χ1v) is 12.2. The number of thiophene rings is 1. The van der Waals surface area contributed by atoms with E-state index in [0.717, 1.165) is 73.2 Å². The lowest BCUT2D eigenvalue weighted by Crippen LogP contribution is -2.49.